The van der Waals surface area contributed by atoms with Crippen LogP contribution < -0.4 is 10.6 Å². The van der Waals surface area contributed by atoms with Gasteiger partial charge >= 0.3 is 0 Å². The summed E-state index contributed by atoms with van der Waals surface area (Å²) in [6.07, 6.45) is 5.14. The Labute approximate surface area is 144 Å². The lowest BCUT2D eigenvalue weighted by Crippen LogP contribution is -2.12. The lowest BCUT2D eigenvalue weighted by Gasteiger charge is -2.08. The van der Waals surface area contributed by atoms with E-state index in [-0.39, 0.29) is 5.91 Å². The average molecular weight is 339 g/mol. The highest BCUT2D eigenvalue weighted by atomic mass is 35.5. The van der Waals surface area contributed by atoms with Crippen LogP contribution in [0.15, 0.2) is 67.1 Å². The van der Waals surface area contributed by atoms with Crippen molar-refractivity contribution in [3.63, 3.8) is 0 Å². The topological polar surface area (TPSA) is 66.9 Å². The minimum atomic E-state index is -0.227. The molecule has 24 heavy (non-hydrogen) atoms. The lowest BCUT2D eigenvalue weighted by atomic mass is 10.2. The Bertz CT molecular complexity index is 822. The van der Waals surface area contributed by atoms with Gasteiger partial charge in [0.2, 0.25) is 0 Å². The first-order valence-electron chi connectivity index (χ1n) is 7.36. The van der Waals surface area contributed by atoms with E-state index in [2.05, 4.69) is 20.6 Å². The maximum atomic E-state index is 12.1. The Kier molecular flexibility index (Phi) is 5.03. The molecule has 0 radical (unpaired) electrons. The molecule has 5 nitrogen and oxygen atoms in total. The summed E-state index contributed by atoms with van der Waals surface area (Å²) in [4.78, 5) is 20.5. The van der Waals surface area contributed by atoms with Crippen LogP contribution in [0.3, 0.4) is 0 Å². The zero-order chi connectivity index (χ0) is 16.8. The molecular weight excluding hydrogens is 324 g/mol. The maximum absolute atomic E-state index is 12.1. The third kappa shape index (κ3) is 4.30. The molecule has 0 aliphatic carbocycles. The van der Waals surface area contributed by atoms with Gasteiger partial charge in [0.15, 0.2) is 0 Å². The minimum Gasteiger partial charge on any atom is -0.366 e. The molecule has 2 N–H and O–H groups in total. The quantitative estimate of drug-likeness (QED) is 0.738. The molecule has 0 saturated heterocycles. The van der Waals surface area contributed by atoms with Crippen LogP contribution in [0.1, 0.15) is 15.9 Å². The maximum Gasteiger partial charge on any atom is 0.255 e. The number of aromatic nitrogens is 2. The second-order valence-electron chi connectivity index (χ2n) is 5.11. The van der Waals surface area contributed by atoms with Crippen LogP contribution in [0.25, 0.3) is 0 Å². The lowest BCUT2D eigenvalue weighted by molar-refractivity contribution is 0.102. The smallest absolute Gasteiger partial charge is 0.255 e. The first-order valence-corrected chi connectivity index (χ1v) is 7.74. The first-order chi connectivity index (χ1) is 11.7. The number of nitrogens with zero attached hydrogens (tertiary/aromatic N) is 2. The van der Waals surface area contributed by atoms with Crippen LogP contribution in [0.2, 0.25) is 5.02 Å². The molecule has 120 valence electrons. The summed E-state index contributed by atoms with van der Waals surface area (Å²) in [6.45, 7) is 0.634. The van der Waals surface area contributed by atoms with Crippen molar-refractivity contribution in [2.45, 2.75) is 6.54 Å². The van der Waals surface area contributed by atoms with Gasteiger partial charge in [0, 0.05) is 29.5 Å². The Hall–Kier alpha value is -2.92. The van der Waals surface area contributed by atoms with Gasteiger partial charge in [-0.2, -0.15) is 0 Å². The fourth-order valence-electron chi connectivity index (χ4n) is 2.10. The monoisotopic (exact) mass is 338 g/mol. The standard InChI is InChI=1S/C18H15ClN4O/c19-15-5-1-4-14(9-15)18(24)23-16-6-7-17(22-12-16)21-11-13-3-2-8-20-10-13/h1-10,12H,11H2,(H,21,22)(H,23,24). The molecule has 0 spiro atoms. The Balaban J connectivity index is 1.59. The van der Waals surface area contributed by atoms with Crippen molar-refractivity contribution in [1.82, 2.24) is 9.97 Å². The van der Waals surface area contributed by atoms with Crippen LogP contribution in [-0.4, -0.2) is 15.9 Å². The van der Waals surface area contributed by atoms with Gasteiger partial charge in [-0.05, 0) is 42.0 Å². The number of benzene rings is 1. The minimum absolute atomic E-state index is 0.227. The van der Waals surface area contributed by atoms with E-state index < -0.39 is 0 Å². The van der Waals surface area contributed by atoms with E-state index in [9.17, 15) is 4.79 Å². The van der Waals surface area contributed by atoms with Crippen molar-refractivity contribution < 1.29 is 4.79 Å². The molecule has 2 heterocycles. The van der Waals surface area contributed by atoms with E-state index in [0.29, 0.717) is 22.8 Å². The number of pyridine rings is 2. The van der Waals surface area contributed by atoms with Gasteiger partial charge in [0.1, 0.15) is 5.82 Å². The zero-order valence-electron chi connectivity index (χ0n) is 12.7. The number of halogens is 1. The number of anilines is 2. The van der Waals surface area contributed by atoms with Crippen molar-refractivity contribution in [1.29, 1.82) is 0 Å². The van der Waals surface area contributed by atoms with Gasteiger partial charge in [0.05, 0.1) is 11.9 Å². The molecular formula is C18H15ClN4O. The predicted molar refractivity (Wildman–Crippen MR) is 95.2 cm³/mol. The number of hydrogen-bond donors (Lipinski definition) is 2. The van der Waals surface area contributed by atoms with Gasteiger partial charge in [-0.15, -0.1) is 0 Å². The van der Waals surface area contributed by atoms with E-state index in [4.69, 9.17) is 11.6 Å². The summed E-state index contributed by atoms with van der Waals surface area (Å²) in [6, 6.07) is 14.3. The normalized spacial score (nSPS) is 10.2. The Morgan fingerprint density at radius 3 is 2.71 bits per heavy atom. The predicted octanol–water partition coefficient (Wildman–Crippen LogP) is 3.99. The summed E-state index contributed by atoms with van der Waals surface area (Å²) < 4.78 is 0. The second-order valence-corrected chi connectivity index (χ2v) is 5.55. The average Bonchev–Trinajstić information content (AvgIpc) is 2.62. The molecule has 3 aromatic rings. The largest absolute Gasteiger partial charge is 0.366 e. The summed E-state index contributed by atoms with van der Waals surface area (Å²) in [5.41, 5.74) is 2.19. The van der Waals surface area contributed by atoms with E-state index >= 15 is 0 Å². The summed E-state index contributed by atoms with van der Waals surface area (Å²) in [5, 5.41) is 6.51. The molecule has 6 heteroatoms. The Morgan fingerprint density at radius 2 is 2.00 bits per heavy atom. The molecule has 0 unspecified atom stereocenters. The van der Waals surface area contributed by atoms with Crippen LogP contribution in [0.5, 0.6) is 0 Å². The third-order valence-electron chi connectivity index (χ3n) is 3.30. The van der Waals surface area contributed by atoms with Crippen molar-refractivity contribution >= 4 is 29.0 Å². The molecule has 0 atom stereocenters. The van der Waals surface area contributed by atoms with Gasteiger partial charge in [-0.3, -0.25) is 9.78 Å². The number of carbonyl (C=O) groups is 1. The number of amides is 1. The summed E-state index contributed by atoms with van der Waals surface area (Å²) in [5.74, 6) is 0.495. The van der Waals surface area contributed by atoms with Crippen LogP contribution in [0, 0.1) is 0 Å². The first kappa shape index (κ1) is 16.0. The van der Waals surface area contributed by atoms with E-state index in [1.165, 1.54) is 0 Å². The van der Waals surface area contributed by atoms with Crippen LogP contribution in [0.4, 0.5) is 11.5 Å². The molecule has 1 aromatic carbocycles. The molecule has 0 bridgehead atoms. The second kappa shape index (κ2) is 7.57. The highest BCUT2D eigenvalue weighted by Gasteiger charge is 2.06. The fraction of sp³-hybridized carbons (Fsp3) is 0.0556. The number of hydrogen-bond acceptors (Lipinski definition) is 4. The number of rotatable bonds is 5. The van der Waals surface area contributed by atoms with E-state index in [0.717, 1.165) is 11.4 Å². The van der Waals surface area contributed by atoms with Crippen molar-refractivity contribution in [2.24, 2.45) is 0 Å². The molecule has 0 aliphatic heterocycles. The van der Waals surface area contributed by atoms with Crippen molar-refractivity contribution in [2.75, 3.05) is 10.6 Å². The number of nitrogens with one attached hydrogen (secondary N) is 2. The van der Waals surface area contributed by atoms with Gasteiger partial charge in [0.25, 0.3) is 5.91 Å². The SMILES string of the molecule is O=C(Nc1ccc(NCc2cccnc2)nc1)c1cccc(Cl)c1. The molecule has 0 aliphatic rings. The fourth-order valence-corrected chi connectivity index (χ4v) is 2.29. The highest BCUT2D eigenvalue weighted by molar-refractivity contribution is 6.31. The molecule has 0 saturated carbocycles. The van der Waals surface area contributed by atoms with Crippen molar-refractivity contribution in [3.05, 3.63) is 83.3 Å². The molecule has 1 amide bonds. The Morgan fingerprint density at radius 1 is 1.08 bits per heavy atom. The molecule has 3 rings (SSSR count). The van der Waals surface area contributed by atoms with Crippen molar-refractivity contribution in [3.8, 4) is 0 Å². The van der Waals surface area contributed by atoms with Crippen LogP contribution in [-0.2, 0) is 6.54 Å². The van der Waals surface area contributed by atoms with Crippen LogP contribution >= 0.6 is 11.6 Å². The van der Waals surface area contributed by atoms with E-state index in [1.807, 2.05) is 18.2 Å². The number of carbonyl (C=O) groups excluding carboxylic acids is 1. The third-order valence-corrected chi connectivity index (χ3v) is 3.54. The molecule has 0 fully saturated rings. The summed E-state index contributed by atoms with van der Waals surface area (Å²) >= 11 is 5.89. The molecule has 2 aromatic heterocycles. The summed E-state index contributed by atoms with van der Waals surface area (Å²) in [7, 11) is 0. The van der Waals surface area contributed by atoms with Gasteiger partial charge < -0.3 is 10.6 Å². The van der Waals surface area contributed by atoms with Gasteiger partial charge in [-0.1, -0.05) is 23.7 Å². The highest BCUT2D eigenvalue weighted by Crippen LogP contribution is 2.14. The van der Waals surface area contributed by atoms with E-state index in [1.54, 1.807) is 48.9 Å². The van der Waals surface area contributed by atoms with Gasteiger partial charge in [-0.25, -0.2) is 4.98 Å². The zero-order valence-corrected chi connectivity index (χ0v) is 13.5.